The lowest BCUT2D eigenvalue weighted by Crippen LogP contribution is -2.35. The number of aryl methyl sites for hydroxylation is 2. The zero-order valence-corrected chi connectivity index (χ0v) is 10.6. The molecule has 1 N–H and O–H groups in total. The number of carbonyl (C=O) groups excluding carboxylic acids is 1. The molecule has 1 aromatic rings. The molecule has 0 aliphatic carbocycles. The second kappa shape index (κ2) is 6.20. The van der Waals surface area contributed by atoms with Crippen LogP contribution in [0.25, 0.3) is 0 Å². The van der Waals surface area contributed by atoms with Crippen LogP contribution in [0.4, 0.5) is 0 Å². The number of rotatable bonds is 6. The molecule has 0 spiro atoms. The van der Waals surface area contributed by atoms with Crippen LogP contribution in [0.1, 0.15) is 17.0 Å². The number of nitrogens with zero attached hydrogens (tertiary/aromatic N) is 2. The fourth-order valence-electron chi connectivity index (χ4n) is 1.47. The molecule has 1 heterocycles. The number of likely N-dealkylation sites (N-methyl/N-ethyl adjacent to an activating group) is 1. The average Bonchev–Trinajstić information content (AvgIpc) is 2.61. The third kappa shape index (κ3) is 3.71. The first-order valence-corrected chi connectivity index (χ1v) is 5.53. The third-order valence-electron chi connectivity index (χ3n) is 2.57. The van der Waals surface area contributed by atoms with Gasteiger partial charge in [-0.1, -0.05) is 11.2 Å². The van der Waals surface area contributed by atoms with Crippen molar-refractivity contribution in [1.29, 1.82) is 0 Å². The van der Waals surface area contributed by atoms with Crippen molar-refractivity contribution in [2.24, 2.45) is 0 Å². The molecule has 0 saturated carbocycles. The van der Waals surface area contributed by atoms with Gasteiger partial charge in [-0.05, 0) is 13.8 Å². The molecule has 94 valence electrons. The van der Waals surface area contributed by atoms with E-state index in [0.717, 1.165) is 17.0 Å². The van der Waals surface area contributed by atoms with Crippen molar-refractivity contribution in [3.05, 3.63) is 29.7 Å². The van der Waals surface area contributed by atoms with Crippen molar-refractivity contribution >= 4 is 5.91 Å². The van der Waals surface area contributed by atoms with Gasteiger partial charge in [-0.2, -0.15) is 0 Å². The van der Waals surface area contributed by atoms with Crippen LogP contribution in [-0.2, 0) is 11.3 Å². The summed E-state index contributed by atoms with van der Waals surface area (Å²) in [7, 11) is 1.77. The number of hydrogen-bond donors (Lipinski definition) is 1. The first-order chi connectivity index (χ1) is 8.06. The van der Waals surface area contributed by atoms with Crippen LogP contribution in [0.15, 0.2) is 17.2 Å². The second-order valence-electron chi connectivity index (χ2n) is 3.97. The number of aromatic nitrogens is 1. The number of carbonyl (C=O) groups is 1. The summed E-state index contributed by atoms with van der Waals surface area (Å²) in [4.78, 5) is 13.4. The van der Waals surface area contributed by atoms with Crippen LogP contribution in [0.2, 0.25) is 0 Å². The van der Waals surface area contributed by atoms with Crippen molar-refractivity contribution in [3.63, 3.8) is 0 Å². The van der Waals surface area contributed by atoms with E-state index in [9.17, 15) is 4.79 Å². The van der Waals surface area contributed by atoms with Crippen LogP contribution in [0.3, 0.4) is 0 Å². The first kappa shape index (κ1) is 13.4. The van der Waals surface area contributed by atoms with E-state index < -0.39 is 0 Å². The Morgan fingerprint density at radius 2 is 2.29 bits per heavy atom. The molecule has 0 unspecified atom stereocenters. The van der Waals surface area contributed by atoms with Gasteiger partial charge in [0.2, 0.25) is 5.91 Å². The average molecular weight is 237 g/mol. The van der Waals surface area contributed by atoms with Gasteiger partial charge in [0.1, 0.15) is 5.76 Å². The summed E-state index contributed by atoms with van der Waals surface area (Å²) in [6.45, 7) is 8.77. The van der Waals surface area contributed by atoms with E-state index in [4.69, 9.17) is 4.52 Å². The van der Waals surface area contributed by atoms with E-state index in [1.807, 2.05) is 13.8 Å². The highest BCUT2D eigenvalue weighted by molar-refractivity contribution is 5.78. The van der Waals surface area contributed by atoms with Gasteiger partial charge < -0.3 is 14.7 Å². The molecule has 1 rings (SSSR count). The Bertz CT molecular complexity index is 379. The van der Waals surface area contributed by atoms with E-state index in [1.54, 1.807) is 18.0 Å². The van der Waals surface area contributed by atoms with Gasteiger partial charge in [0.05, 0.1) is 18.8 Å². The van der Waals surface area contributed by atoms with Gasteiger partial charge in [-0.25, -0.2) is 0 Å². The molecule has 0 aliphatic rings. The molecule has 0 radical (unpaired) electrons. The number of amides is 1. The zero-order chi connectivity index (χ0) is 12.8. The van der Waals surface area contributed by atoms with Gasteiger partial charge in [0.25, 0.3) is 0 Å². The van der Waals surface area contributed by atoms with Crippen LogP contribution in [-0.4, -0.2) is 36.1 Å². The molecule has 17 heavy (non-hydrogen) atoms. The lowest BCUT2D eigenvalue weighted by molar-refractivity contribution is -0.129. The van der Waals surface area contributed by atoms with Gasteiger partial charge in [0.15, 0.2) is 0 Å². The standard InChI is InChI=1S/C12H19N3O2/c1-5-6-13-7-12(16)15(4)8-11-9(2)14-17-10(11)3/h5,13H,1,6-8H2,2-4H3. The molecule has 0 saturated heterocycles. The Balaban J connectivity index is 2.51. The Hall–Kier alpha value is -1.62. The highest BCUT2D eigenvalue weighted by Gasteiger charge is 2.14. The van der Waals surface area contributed by atoms with E-state index >= 15 is 0 Å². The fourth-order valence-corrected chi connectivity index (χ4v) is 1.47. The first-order valence-electron chi connectivity index (χ1n) is 5.53. The van der Waals surface area contributed by atoms with Gasteiger partial charge in [-0.15, -0.1) is 6.58 Å². The topological polar surface area (TPSA) is 58.4 Å². The van der Waals surface area contributed by atoms with Crippen molar-refractivity contribution < 1.29 is 9.32 Å². The molecular weight excluding hydrogens is 218 g/mol. The van der Waals surface area contributed by atoms with E-state index in [1.165, 1.54) is 0 Å². The molecular formula is C12H19N3O2. The Kier molecular flexibility index (Phi) is 4.90. The maximum absolute atomic E-state index is 11.7. The lowest BCUT2D eigenvalue weighted by atomic mass is 10.2. The summed E-state index contributed by atoms with van der Waals surface area (Å²) in [5.41, 5.74) is 1.81. The monoisotopic (exact) mass is 237 g/mol. The predicted octanol–water partition coefficient (Wildman–Crippen LogP) is 1.03. The summed E-state index contributed by atoms with van der Waals surface area (Å²) in [6.07, 6.45) is 1.72. The molecule has 0 aliphatic heterocycles. The molecule has 0 fully saturated rings. The van der Waals surface area contributed by atoms with Gasteiger partial charge in [-0.3, -0.25) is 4.79 Å². The molecule has 5 nitrogen and oxygen atoms in total. The third-order valence-corrected chi connectivity index (χ3v) is 2.57. The minimum atomic E-state index is 0.0341. The Morgan fingerprint density at radius 3 is 2.82 bits per heavy atom. The minimum Gasteiger partial charge on any atom is -0.361 e. The van der Waals surface area contributed by atoms with Crippen molar-refractivity contribution in [2.75, 3.05) is 20.1 Å². The molecule has 0 bridgehead atoms. The Labute approximate surface area is 101 Å². The van der Waals surface area contributed by atoms with Crippen molar-refractivity contribution in [1.82, 2.24) is 15.4 Å². The van der Waals surface area contributed by atoms with Crippen molar-refractivity contribution in [3.8, 4) is 0 Å². The molecule has 5 heteroatoms. The quantitative estimate of drug-likeness (QED) is 0.593. The van der Waals surface area contributed by atoms with Gasteiger partial charge in [0, 0.05) is 19.2 Å². The SMILES string of the molecule is C=CCNCC(=O)N(C)Cc1c(C)noc1C. The number of hydrogen-bond acceptors (Lipinski definition) is 4. The molecule has 0 aromatic carbocycles. The summed E-state index contributed by atoms with van der Waals surface area (Å²) < 4.78 is 5.06. The number of nitrogens with one attached hydrogen (secondary N) is 1. The van der Waals surface area contributed by atoms with Crippen LogP contribution in [0.5, 0.6) is 0 Å². The van der Waals surface area contributed by atoms with Crippen molar-refractivity contribution in [2.45, 2.75) is 20.4 Å². The smallest absolute Gasteiger partial charge is 0.236 e. The highest BCUT2D eigenvalue weighted by Crippen LogP contribution is 2.13. The summed E-state index contributed by atoms with van der Waals surface area (Å²) in [5, 5.41) is 6.84. The predicted molar refractivity (Wildman–Crippen MR) is 65.5 cm³/mol. The summed E-state index contributed by atoms with van der Waals surface area (Å²) in [6, 6.07) is 0. The van der Waals surface area contributed by atoms with Crippen LogP contribution < -0.4 is 5.32 Å². The normalized spacial score (nSPS) is 10.3. The van der Waals surface area contributed by atoms with Crippen LogP contribution in [0, 0.1) is 13.8 Å². The van der Waals surface area contributed by atoms with E-state index in [-0.39, 0.29) is 5.91 Å². The maximum atomic E-state index is 11.7. The fraction of sp³-hybridized carbons (Fsp3) is 0.500. The van der Waals surface area contributed by atoms with Gasteiger partial charge >= 0.3 is 0 Å². The molecule has 1 aromatic heterocycles. The van der Waals surface area contributed by atoms with E-state index in [2.05, 4.69) is 17.1 Å². The van der Waals surface area contributed by atoms with E-state index in [0.29, 0.717) is 19.6 Å². The lowest BCUT2D eigenvalue weighted by Gasteiger charge is -2.17. The maximum Gasteiger partial charge on any atom is 0.236 e. The summed E-state index contributed by atoms with van der Waals surface area (Å²) in [5.74, 6) is 0.799. The summed E-state index contributed by atoms with van der Waals surface area (Å²) >= 11 is 0. The van der Waals surface area contributed by atoms with Crippen LogP contribution >= 0.6 is 0 Å². The minimum absolute atomic E-state index is 0.0341. The second-order valence-corrected chi connectivity index (χ2v) is 3.97. The largest absolute Gasteiger partial charge is 0.361 e. The zero-order valence-electron chi connectivity index (χ0n) is 10.6. The molecule has 0 atom stereocenters. The Morgan fingerprint density at radius 1 is 1.59 bits per heavy atom. The highest BCUT2D eigenvalue weighted by atomic mass is 16.5. The molecule has 1 amide bonds.